The molecule has 0 bridgehead atoms. The summed E-state index contributed by atoms with van der Waals surface area (Å²) in [5.74, 6) is -0.506. The molecule has 0 aliphatic carbocycles. The average molecular weight is 398 g/mol. The molecule has 2 rings (SSSR count). The third-order valence-electron chi connectivity index (χ3n) is 3.05. The molecule has 23 heavy (non-hydrogen) atoms. The quantitative estimate of drug-likeness (QED) is 0.728. The van der Waals surface area contributed by atoms with E-state index >= 15 is 0 Å². The van der Waals surface area contributed by atoms with Gasteiger partial charge in [-0.15, -0.1) is 0 Å². The van der Waals surface area contributed by atoms with Crippen LogP contribution >= 0.6 is 27.5 Å². The molecule has 0 aliphatic rings. The molecule has 2 amide bonds. The van der Waals surface area contributed by atoms with Gasteiger partial charge in [0, 0.05) is 10.2 Å². The van der Waals surface area contributed by atoms with Gasteiger partial charge < -0.3 is 15.4 Å². The number of hydrogen-bond acceptors (Lipinski definition) is 3. The Morgan fingerprint density at radius 2 is 1.87 bits per heavy atom. The molecule has 2 aromatic rings. The van der Waals surface area contributed by atoms with E-state index in [1.807, 2.05) is 19.1 Å². The van der Waals surface area contributed by atoms with Gasteiger partial charge in [0.2, 0.25) is 0 Å². The lowest BCUT2D eigenvalue weighted by Crippen LogP contribution is -2.20. The molecule has 0 saturated heterocycles. The molecule has 5 nitrogen and oxygen atoms in total. The van der Waals surface area contributed by atoms with E-state index in [2.05, 4.69) is 31.3 Å². The zero-order chi connectivity index (χ0) is 17.0. The summed E-state index contributed by atoms with van der Waals surface area (Å²) in [7, 11) is 1.28. The number of hydrogen-bond donors (Lipinski definition) is 2. The summed E-state index contributed by atoms with van der Waals surface area (Å²) < 4.78 is 5.60. The van der Waals surface area contributed by atoms with Crippen molar-refractivity contribution in [1.29, 1.82) is 0 Å². The summed E-state index contributed by atoms with van der Waals surface area (Å²) in [6.07, 6.45) is 0. The number of aryl methyl sites for hydroxylation is 1. The van der Waals surface area contributed by atoms with Gasteiger partial charge in [-0.05, 0) is 48.9 Å². The highest BCUT2D eigenvalue weighted by Crippen LogP contribution is 2.24. The van der Waals surface area contributed by atoms with Gasteiger partial charge in [-0.25, -0.2) is 9.59 Å². The van der Waals surface area contributed by atoms with Crippen molar-refractivity contribution in [2.45, 2.75) is 6.92 Å². The lowest BCUT2D eigenvalue weighted by atomic mass is 10.2. The van der Waals surface area contributed by atoms with Crippen LogP contribution in [0.25, 0.3) is 0 Å². The number of halogens is 2. The number of esters is 1. The van der Waals surface area contributed by atoms with Crippen molar-refractivity contribution in [2.24, 2.45) is 0 Å². The number of amides is 2. The lowest BCUT2D eigenvalue weighted by Gasteiger charge is -2.11. The highest BCUT2D eigenvalue weighted by molar-refractivity contribution is 9.10. The van der Waals surface area contributed by atoms with Crippen LogP contribution in [0.5, 0.6) is 0 Å². The van der Waals surface area contributed by atoms with Crippen LogP contribution in [0.1, 0.15) is 15.9 Å². The van der Waals surface area contributed by atoms with Crippen LogP contribution in [0.4, 0.5) is 16.2 Å². The van der Waals surface area contributed by atoms with Crippen molar-refractivity contribution in [3.8, 4) is 0 Å². The molecule has 0 atom stereocenters. The molecule has 7 heteroatoms. The topological polar surface area (TPSA) is 67.4 Å². The first kappa shape index (κ1) is 17.3. The van der Waals surface area contributed by atoms with Crippen LogP contribution in [0.15, 0.2) is 40.9 Å². The number of nitrogens with one attached hydrogen (secondary N) is 2. The number of anilines is 2. The van der Waals surface area contributed by atoms with Gasteiger partial charge >= 0.3 is 12.0 Å². The third kappa shape index (κ3) is 4.46. The molecule has 2 aromatic carbocycles. The Balaban J connectivity index is 2.13. The minimum absolute atomic E-state index is 0.298. The number of benzene rings is 2. The van der Waals surface area contributed by atoms with E-state index < -0.39 is 12.0 Å². The van der Waals surface area contributed by atoms with Gasteiger partial charge in [-0.2, -0.15) is 0 Å². The third-order valence-corrected chi connectivity index (χ3v) is 4.27. The molecule has 0 aliphatic heterocycles. The first-order valence-corrected chi connectivity index (χ1v) is 7.80. The van der Waals surface area contributed by atoms with Crippen molar-refractivity contribution in [3.63, 3.8) is 0 Å². The molecule has 120 valence electrons. The maximum atomic E-state index is 12.1. The second kappa shape index (κ2) is 7.48. The summed E-state index contributed by atoms with van der Waals surface area (Å²) in [5, 5.41) is 5.63. The van der Waals surface area contributed by atoms with E-state index in [4.69, 9.17) is 11.6 Å². The zero-order valence-electron chi connectivity index (χ0n) is 12.4. The number of carbonyl (C=O) groups is 2. The lowest BCUT2D eigenvalue weighted by molar-refractivity contribution is 0.0600. The summed E-state index contributed by atoms with van der Waals surface area (Å²) in [6.45, 7) is 1.92. The average Bonchev–Trinajstić information content (AvgIpc) is 2.52. The van der Waals surface area contributed by atoms with E-state index in [1.54, 1.807) is 6.07 Å². The number of rotatable bonds is 3. The normalized spacial score (nSPS) is 10.1. The van der Waals surface area contributed by atoms with Crippen molar-refractivity contribution >= 4 is 50.9 Å². The number of ether oxygens (including phenoxy) is 1. The Hall–Kier alpha value is -2.05. The Kier molecular flexibility index (Phi) is 5.63. The molecule has 2 N–H and O–H groups in total. The number of methoxy groups -OCH3 is 1. The second-order valence-corrected chi connectivity index (χ2v) is 5.99. The molecule has 0 aromatic heterocycles. The van der Waals surface area contributed by atoms with Crippen LogP contribution in [0.3, 0.4) is 0 Å². The zero-order valence-corrected chi connectivity index (χ0v) is 14.8. The maximum absolute atomic E-state index is 12.1. The molecule has 0 fully saturated rings. The predicted octanol–water partition coefficient (Wildman–Crippen LogP) is 4.84. The van der Waals surface area contributed by atoms with Crippen LogP contribution in [-0.2, 0) is 4.74 Å². The smallest absolute Gasteiger partial charge is 0.337 e. The summed E-state index contributed by atoms with van der Waals surface area (Å²) >= 11 is 9.43. The maximum Gasteiger partial charge on any atom is 0.337 e. The second-order valence-electron chi connectivity index (χ2n) is 4.73. The standard InChI is InChI=1S/C16H14BrClN2O3/c1-9-7-11(4-5-12(9)17)19-16(22)20-14-8-10(15(21)23-2)3-6-13(14)18/h3-8H,1-2H3,(H2,19,20,22). The van der Waals surface area contributed by atoms with Gasteiger partial charge in [0.25, 0.3) is 0 Å². The van der Waals surface area contributed by atoms with E-state index in [1.165, 1.54) is 25.3 Å². The van der Waals surface area contributed by atoms with Crippen molar-refractivity contribution in [2.75, 3.05) is 17.7 Å². The number of carbonyl (C=O) groups excluding carboxylic acids is 2. The van der Waals surface area contributed by atoms with Crippen molar-refractivity contribution < 1.29 is 14.3 Å². The fourth-order valence-electron chi connectivity index (χ4n) is 1.87. The Morgan fingerprint density at radius 3 is 2.52 bits per heavy atom. The van der Waals surface area contributed by atoms with E-state index in [0.717, 1.165) is 10.0 Å². The van der Waals surface area contributed by atoms with Crippen LogP contribution in [-0.4, -0.2) is 19.1 Å². The van der Waals surface area contributed by atoms with Gasteiger partial charge in [-0.3, -0.25) is 0 Å². The molecular weight excluding hydrogens is 384 g/mol. The van der Waals surface area contributed by atoms with Gasteiger partial charge in [0.1, 0.15) is 0 Å². The molecule has 0 heterocycles. The summed E-state index contributed by atoms with van der Waals surface area (Å²) in [6, 6.07) is 9.48. The largest absolute Gasteiger partial charge is 0.465 e. The van der Waals surface area contributed by atoms with Crippen LogP contribution in [0, 0.1) is 6.92 Å². The van der Waals surface area contributed by atoms with Crippen molar-refractivity contribution in [3.05, 3.63) is 57.0 Å². The predicted molar refractivity (Wildman–Crippen MR) is 94.3 cm³/mol. The molecule has 0 saturated carbocycles. The van der Waals surface area contributed by atoms with E-state index in [0.29, 0.717) is 22.0 Å². The first-order chi connectivity index (χ1) is 10.9. The van der Waals surface area contributed by atoms with Gasteiger partial charge in [-0.1, -0.05) is 27.5 Å². The minimum Gasteiger partial charge on any atom is -0.465 e. The Morgan fingerprint density at radius 1 is 1.13 bits per heavy atom. The Bertz CT molecular complexity index is 765. The van der Waals surface area contributed by atoms with Gasteiger partial charge in [0.05, 0.1) is 23.4 Å². The first-order valence-electron chi connectivity index (χ1n) is 6.62. The van der Waals surface area contributed by atoms with Gasteiger partial charge in [0.15, 0.2) is 0 Å². The summed E-state index contributed by atoms with van der Waals surface area (Å²) in [4.78, 5) is 23.6. The van der Waals surface area contributed by atoms with Crippen LogP contribution in [0.2, 0.25) is 5.02 Å². The van der Waals surface area contributed by atoms with E-state index in [9.17, 15) is 9.59 Å². The fourth-order valence-corrected chi connectivity index (χ4v) is 2.28. The highest BCUT2D eigenvalue weighted by Gasteiger charge is 2.11. The van der Waals surface area contributed by atoms with Crippen molar-refractivity contribution in [1.82, 2.24) is 0 Å². The minimum atomic E-state index is -0.506. The monoisotopic (exact) mass is 396 g/mol. The summed E-state index contributed by atoms with van der Waals surface area (Å²) in [5.41, 5.74) is 2.25. The Labute approximate surface area is 147 Å². The fraction of sp³-hybridized carbons (Fsp3) is 0.125. The SMILES string of the molecule is COC(=O)c1ccc(Cl)c(NC(=O)Nc2ccc(Br)c(C)c2)c1. The molecule has 0 radical (unpaired) electrons. The number of urea groups is 1. The molecular formula is C16H14BrClN2O3. The van der Waals surface area contributed by atoms with Crippen LogP contribution < -0.4 is 10.6 Å². The molecule has 0 spiro atoms. The highest BCUT2D eigenvalue weighted by atomic mass is 79.9. The van der Waals surface area contributed by atoms with E-state index in [-0.39, 0.29) is 0 Å². The molecule has 0 unspecified atom stereocenters.